The monoisotopic (exact) mass is 264 g/mol. The number of hydrogen-bond donors (Lipinski definition) is 0. The van der Waals surface area contributed by atoms with Crippen molar-refractivity contribution in [1.29, 1.82) is 0 Å². The van der Waals surface area contributed by atoms with Gasteiger partial charge in [0, 0.05) is 0 Å². The molecule has 20 heavy (non-hydrogen) atoms. The Morgan fingerprint density at radius 2 is 1.00 bits per heavy atom. The van der Waals surface area contributed by atoms with E-state index in [-0.39, 0.29) is 5.57 Å². The Kier molecular flexibility index (Phi) is 2.84. The maximum atomic E-state index is 12.3. The van der Waals surface area contributed by atoms with E-state index in [1.54, 1.807) is 24.3 Å². The fraction of sp³-hybridized carbons (Fsp3) is 0. The molecule has 4 heteroatoms. The van der Waals surface area contributed by atoms with Gasteiger partial charge in [0.2, 0.25) is 0 Å². The van der Waals surface area contributed by atoms with Gasteiger partial charge in [-0.3, -0.25) is 9.59 Å². The van der Waals surface area contributed by atoms with Gasteiger partial charge < -0.3 is 0 Å². The SMILES string of the molecule is C=C1C(=O)N(c2ccccc2)N(c2ccccc2)C1=O. The quantitative estimate of drug-likeness (QED) is 0.617. The predicted molar refractivity (Wildman–Crippen MR) is 77.0 cm³/mol. The standard InChI is InChI=1S/C16H12N2O2/c1-12-15(19)17(13-8-4-2-5-9-13)18(16(12)20)14-10-6-3-7-11-14/h2-11H,1H2. The summed E-state index contributed by atoms with van der Waals surface area (Å²) in [5.74, 6) is -0.796. The molecule has 3 rings (SSSR count). The van der Waals surface area contributed by atoms with Gasteiger partial charge in [-0.1, -0.05) is 43.0 Å². The third kappa shape index (κ3) is 1.78. The molecule has 0 atom stereocenters. The zero-order chi connectivity index (χ0) is 14.1. The molecule has 1 saturated heterocycles. The third-order valence-electron chi connectivity index (χ3n) is 3.10. The second-order valence-corrected chi connectivity index (χ2v) is 4.38. The molecule has 0 bridgehead atoms. The second-order valence-electron chi connectivity index (χ2n) is 4.38. The smallest absolute Gasteiger partial charge is 0.267 e. The number of amides is 2. The van der Waals surface area contributed by atoms with E-state index < -0.39 is 11.8 Å². The first-order valence-corrected chi connectivity index (χ1v) is 6.18. The minimum Gasteiger partial charge on any atom is -0.267 e. The Labute approximate surface area is 116 Å². The van der Waals surface area contributed by atoms with Gasteiger partial charge in [-0.15, -0.1) is 0 Å². The summed E-state index contributed by atoms with van der Waals surface area (Å²) in [6.07, 6.45) is 0. The van der Waals surface area contributed by atoms with Crippen molar-refractivity contribution in [2.75, 3.05) is 10.0 Å². The molecule has 0 unspecified atom stereocenters. The van der Waals surface area contributed by atoms with Gasteiger partial charge in [-0.2, -0.15) is 0 Å². The van der Waals surface area contributed by atoms with Crippen molar-refractivity contribution in [3.63, 3.8) is 0 Å². The Balaban J connectivity index is 2.12. The number of hydrogen-bond acceptors (Lipinski definition) is 2. The molecule has 1 fully saturated rings. The van der Waals surface area contributed by atoms with Gasteiger partial charge >= 0.3 is 0 Å². The van der Waals surface area contributed by atoms with Crippen molar-refractivity contribution in [3.05, 3.63) is 72.8 Å². The summed E-state index contributed by atoms with van der Waals surface area (Å²) in [7, 11) is 0. The number of carbonyl (C=O) groups excluding carboxylic acids is 2. The fourth-order valence-electron chi connectivity index (χ4n) is 2.13. The lowest BCUT2D eigenvalue weighted by Crippen LogP contribution is -2.41. The summed E-state index contributed by atoms with van der Waals surface area (Å²) in [5.41, 5.74) is 1.24. The molecule has 0 aromatic heterocycles. The average Bonchev–Trinajstić information content (AvgIpc) is 2.73. The Bertz CT molecular complexity index is 621. The van der Waals surface area contributed by atoms with Crippen molar-refractivity contribution in [2.24, 2.45) is 0 Å². The molecule has 0 N–H and O–H groups in total. The second kappa shape index (κ2) is 4.66. The van der Waals surface area contributed by atoms with Gasteiger partial charge in [0.15, 0.2) is 0 Å². The molecule has 2 aromatic carbocycles. The number of rotatable bonds is 2. The molecule has 4 nitrogen and oxygen atoms in total. The van der Waals surface area contributed by atoms with Crippen LogP contribution in [0.5, 0.6) is 0 Å². The molecule has 0 spiro atoms. The van der Waals surface area contributed by atoms with Crippen LogP contribution >= 0.6 is 0 Å². The molecule has 1 aliphatic rings. The Morgan fingerprint density at radius 3 is 1.35 bits per heavy atom. The maximum absolute atomic E-state index is 12.3. The Hall–Kier alpha value is -2.88. The molecule has 0 radical (unpaired) electrons. The highest BCUT2D eigenvalue weighted by molar-refractivity contribution is 6.35. The molecule has 2 aromatic rings. The lowest BCUT2D eigenvalue weighted by Gasteiger charge is -2.27. The topological polar surface area (TPSA) is 40.6 Å². The molecule has 98 valence electrons. The summed E-state index contributed by atoms with van der Waals surface area (Å²) >= 11 is 0. The minimum absolute atomic E-state index is 0.0299. The maximum Gasteiger partial charge on any atom is 0.282 e. The van der Waals surface area contributed by atoms with Crippen LogP contribution in [0, 0.1) is 0 Å². The predicted octanol–water partition coefficient (Wildman–Crippen LogP) is 2.54. The van der Waals surface area contributed by atoms with Gasteiger partial charge in [-0.05, 0) is 24.3 Å². The van der Waals surface area contributed by atoms with Crippen LogP contribution in [0.3, 0.4) is 0 Å². The van der Waals surface area contributed by atoms with Crippen LogP contribution in [0.25, 0.3) is 0 Å². The van der Waals surface area contributed by atoms with Crippen molar-refractivity contribution in [1.82, 2.24) is 0 Å². The number of carbonyl (C=O) groups is 2. The highest BCUT2D eigenvalue weighted by atomic mass is 16.2. The average molecular weight is 264 g/mol. The van der Waals surface area contributed by atoms with Crippen LogP contribution in [-0.4, -0.2) is 11.8 Å². The van der Waals surface area contributed by atoms with Gasteiger partial charge in [-0.25, -0.2) is 10.0 Å². The summed E-state index contributed by atoms with van der Waals surface area (Å²) < 4.78 is 0. The van der Waals surface area contributed by atoms with Crippen LogP contribution < -0.4 is 10.0 Å². The largest absolute Gasteiger partial charge is 0.282 e. The third-order valence-corrected chi connectivity index (χ3v) is 3.10. The number of hydrazine groups is 1. The van der Waals surface area contributed by atoms with Crippen LogP contribution in [0.2, 0.25) is 0 Å². The van der Waals surface area contributed by atoms with E-state index in [1.807, 2.05) is 36.4 Å². The van der Waals surface area contributed by atoms with Crippen LogP contribution in [0.1, 0.15) is 0 Å². The van der Waals surface area contributed by atoms with Crippen molar-refractivity contribution >= 4 is 23.2 Å². The van der Waals surface area contributed by atoms with Gasteiger partial charge in [0.1, 0.15) is 5.57 Å². The summed E-state index contributed by atoms with van der Waals surface area (Å²) in [6.45, 7) is 3.59. The Morgan fingerprint density at radius 1 is 0.650 bits per heavy atom. The van der Waals surface area contributed by atoms with Crippen LogP contribution in [0.15, 0.2) is 72.8 Å². The number of anilines is 2. The molecule has 0 aliphatic carbocycles. The fourth-order valence-corrected chi connectivity index (χ4v) is 2.13. The first kappa shape index (κ1) is 12.2. The van der Waals surface area contributed by atoms with Crippen molar-refractivity contribution in [3.8, 4) is 0 Å². The number of benzene rings is 2. The normalized spacial score (nSPS) is 15.1. The first-order valence-electron chi connectivity index (χ1n) is 6.18. The lowest BCUT2D eigenvalue weighted by atomic mass is 10.2. The van der Waals surface area contributed by atoms with Crippen molar-refractivity contribution in [2.45, 2.75) is 0 Å². The molecule has 1 aliphatic heterocycles. The highest BCUT2D eigenvalue weighted by Gasteiger charge is 2.41. The first-order chi connectivity index (χ1) is 9.70. The zero-order valence-corrected chi connectivity index (χ0v) is 10.7. The van der Waals surface area contributed by atoms with E-state index in [2.05, 4.69) is 6.58 Å². The zero-order valence-electron chi connectivity index (χ0n) is 10.7. The molecular formula is C16H12N2O2. The van der Waals surface area contributed by atoms with E-state index in [0.717, 1.165) is 0 Å². The van der Waals surface area contributed by atoms with Crippen LogP contribution in [-0.2, 0) is 9.59 Å². The van der Waals surface area contributed by atoms with Crippen molar-refractivity contribution < 1.29 is 9.59 Å². The van der Waals surface area contributed by atoms with E-state index in [9.17, 15) is 9.59 Å². The molecule has 0 saturated carbocycles. The summed E-state index contributed by atoms with van der Waals surface area (Å²) in [4.78, 5) is 24.5. The lowest BCUT2D eigenvalue weighted by molar-refractivity contribution is -0.116. The van der Waals surface area contributed by atoms with Crippen LogP contribution in [0.4, 0.5) is 11.4 Å². The number of para-hydroxylation sites is 2. The minimum atomic E-state index is -0.398. The highest BCUT2D eigenvalue weighted by Crippen LogP contribution is 2.30. The van der Waals surface area contributed by atoms with E-state index in [1.165, 1.54) is 10.0 Å². The molecule has 2 amide bonds. The van der Waals surface area contributed by atoms with Gasteiger partial charge in [0.25, 0.3) is 11.8 Å². The number of nitrogens with zero attached hydrogens (tertiary/aromatic N) is 2. The van der Waals surface area contributed by atoms with E-state index >= 15 is 0 Å². The molecule has 1 heterocycles. The molecular weight excluding hydrogens is 252 g/mol. The van der Waals surface area contributed by atoms with E-state index in [0.29, 0.717) is 11.4 Å². The van der Waals surface area contributed by atoms with Gasteiger partial charge in [0.05, 0.1) is 11.4 Å². The summed E-state index contributed by atoms with van der Waals surface area (Å²) in [6, 6.07) is 18.1. The summed E-state index contributed by atoms with van der Waals surface area (Å²) in [5, 5.41) is 2.69. The van der Waals surface area contributed by atoms with E-state index in [4.69, 9.17) is 0 Å².